The van der Waals surface area contributed by atoms with Gasteiger partial charge in [0.2, 0.25) is 21.8 Å². The maximum absolute atomic E-state index is 14.2. The molecule has 1 aliphatic carbocycles. The van der Waals surface area contributed by atoms with E-state index >= 15 is 0 Å². The number of benzene rings is 2. The zero-order valence-electron chi connectivity index (χ0n) is 14.3. The minimum Gasteiger partial charge on any atom is -0.419 e. The molecule has 1 saturated carbocycles. The highest BCUT2D eigenvalue weighted by molar-refractivity contribution is 7.89. The summed E-state index contributed by atoms with van der Waals surface area (Å²) in [6.45, 7) is -0.160. The summed E-state index contributed by atoms with van der Waals surface area (Å²) in [4.78, 5) is -0.436. The van der Waals surface area contributed by atoms with E-state index in [-0.39, 0.29) is 29.4 Å². The maximum Gasteiger partial charge on any atom is 0.249 e. The second kappa shape index (κ2) is 7.44. The van der Waals surface area contributed by atoms with Crippen molar-refractivity contribution in [3.8, 4) is 11.5 Å². The third-order valence-electron chi connectivity index (χ3n) is 4.30. The third-order valence-corrected chi connectivity index (χ3v) is 6.79. The molecule has 1 heterocycles. The standard InChI is InChI=1S/C18H14Cl2FN3O3S/c19-11-5-8-16(15(21)9-11)28(25,26)24(12-6-7-12)10-17-22-23-18(27-17)13-3-1-2-4-14(13)20/h1-5,8-9,12H,6-7,10H2. The van der Waals surface area contributed by atoms with Gasteiger partial charge in [0, 0.05) is 11.1 Å². The third kappa shape index (κ3) is 3.77. The Balaban J connectivity index is 1.64. The molecule has 10 heteroatoms. The molecule has 0 bridgehead atoms. The normalized spacial score (nSPS) is 14.6. The van der Waals surface area contributed by atoms with Crippen molar-refractivity contribution in [2.45, 2.75) is 30.3 Å². The van der Waals surface area contributed by atoms with Gasteiger partial charge in [-0.05, 0) is 43.2 Å². The van der Waals surface area contributed by atoms with Gasteiger partial charge in [0.15, 0.2) is 0 Å². The fraction of sp³-hybridized carbons (Fsp3) is 0.222. The Labute approximate surface area is 170 Å². The first-order valence-electron chi connectivity index (χ1n) is 8.40. The lowest BCUT2D eigenvalue weighted by Crippen LogP contribution is -2.33. The molecule has 4 rings (SSSR count). The number of hydrogen-bond donors (Lipinski definition) is 0. The molecule has 0 amide bonds. The van der Waals surface area contributed by atoms with Crippen LogP contribution in [0.4, 0.5) is 4.39 Å². The van der Waals surface area contributed by atoms with Crippen molar-refractivity contribution in [2.75, 3.05) is 0 Å². The summed E-state index contributed by atoms with van der Waals surface area (Å²) in [5.74, 6) is -0.619. The average molecular weight is 442 g/mol. The minimum atomic E-state index is -4.10. The van der Waals surface area contributed by atoms with E-state index < -0.39 is 20.7 Å². The van der Waals surface area contributed by atoms with Crippen molar-refractivity contribution in [1.82, 2.24) is 14.5 Å². The Morgan fingerprint density at radius 1 is 1.14 bits per heavy atom. The summed E-state index contributed by atoms with van der Waals surface area (Å²) < 4.78 is 47.1. The van der Waals surface area contributed by atoms with E-state index in [9.17, 15) is 12.8 Å². The van der Waals surface area contributed by atoms with Crippen molar-refractivity contribution >= 4 is 33.2 Å². The highest BCUT2D eigenvalue weighted by Gasteiger charge is 2.40. The lowest BCUT2D eigenvalue weighted by Gasteiger charge is -2.20. The number of rotatable bonds is 6. The summed E-state index contributed by atoms with van der Waals surface area (Å²) >= 11 is 11.9. The lowest BCUT2D eigenvalue weighted by atomic mass is 10.2. The Kier molecular flexibility index (Phi) is 5.13. The largest absolute Gasteiger partial charge is 0.419 e. The number of halogens is 3. The minimum absolute atomic E-state index is 0.0970. The summed E-state index contributed by atoms with van der Waals surface area (Å²) in [7, 11) is -4.10. The smallest absolute Gasteiger partial charge is 0.249 e. The molecule has 0 atom stereocenters. The summed E-state index contributed by atoms with van der Waals surface area (Å²) in [6.07, 6.45) is 1.36. The summed E-state index contributed by atoms with van der Waals surface area (Å²) in [5, 5.41) is 8.44. The van der Waals surface area contributed by atoms with Crippen LogP contribution in [0, 0.1) is 5.82 Å². The monoisotopic (exact) mass is 441 g/mol. The zero-order valence-corrected chi connectivity index (χ0v) is 16.7. The number of sulfonamides is 1. The molecule has 2 aromatic carbocycles. The van der Waals surface area contributed by atoms with Crippen LogP contribution < -0.4 is 0 Å². The van der Waals surface area contributed by atoms with E-state index in [4.69, 9.17) is 27.6 Å². The highest BCUT2D eigenvalue weighted by Crippen LogP contribution is 2.35. The van der Waals surface area contributed by atoms with Crippen LogP contribution in [-0.4, -0.2) is 29.0 Å². The van der Waals surface area contributed by atoms with Crippen molar-refractivity contribution in [3.05, 3.63) is 64.2 Å². The van der Waals surface area contributed by atoms with Gasteiger partial charge in [-0.25, -0.2) is 12.8 Å². The molecule has 28 heavy (non-hydrogen) atoms. The van der Waals surface area contributed by atoms with E-state index in [1.807, 2.05) is 0 Å². The van der Waals surface area contributed by atoms with Crippen LogP contribution in [0.2, 0.25) is 10.0 Å². The fourth-order valence-corrected chi connectivity index (χ4v) is 4.83. The Hall–Kier alpha value is -2.00. The van der Waals surface area contributed by atoms with Crippen LogP contribution in [0.5, 0.6) is 0 Å². The molecule has 0 unspecified atom stereocenters. The van der Waals surface area contributed by atoms with Gasteiger partial charge in [-0.3, -0.25) is 0 Å². The highest BCUT2D eigenvalue weighted by atomic mass is 35.5. The van der Waals surface area contributed by atoms with E-state index in [0.717, 1.165) is 12.1 Å². The van der Waals surface area contributed by atoms with E-state index in [2.05, 4.69) is 10.2 Å². The number of hydrogen-bond acceptors (Lipinski definition) is 5. The molecule has 0 spiro atoms. The first-order valence-corrected chi connectivity index (χ1v) is 10.6. The van der Waals surface area contributed by atoms with Crippen LogP contribution in [0.15, 0.2) is 51.8 Å². The average Bonchev–Trinajstić information content (AvgIpc) is 3.37. The fourth-order valence-electron chi connectivity index (χ4n) is 2.78. The van der Waals surface area contributed by atoms with E-state index in [0.29, 0.717) is 23.4 Å². The zero-order chi connectivity index (χ0) is 19.9. The molecule has 1 aliphatic rings. The van der Waals surface area contributed by atoms with Gasteiger partial charge in [0.05, 0.1) is 17.1 Å². The molecule has 1 fully saturated rings. The number of aromatic nitrogens is 2. The van der Waals surface area contributed by atoms with Gasteiger partial charge >= 0.3 is 0 Å². The van der Waals surface area contributed by atoms with Crippen LogP contribution in [-0.2, 0) is 16.6 Å². The summed E-state index contributed by atoms with van der Waals surface area (Å²) in [6, 6.07) is 10.2. The van der Waals surface area contributed by atoms with Gasteiger partial charge in [0.1, 0.15) is 10.7 Å². The topological polar surface area (TPSA) is 76.3 Å². The second-order valence-corrected chi connectivity index (χ2v) is 9.04. The van der Waals surface area contributed by atoms with Crippen LogP contribution in [0.3, 0.4) is 0 Å². The lowest BCUT2D eigenvalue weighted by molar-refractivity contribution is 0.349. The Bertz CT molecular complexity index is 1130. The van der Waals surface area contributed by atoms with Crippen LogP contribution in [0.25, 0.3) is 11.5 Å². The molecule has 146 valence electrons. The molecule has 0 radical (unpaired) electrons. The molecule has 0 N–H and O–H groups in total. The Morgan fingerprint density at radius 3 is 2.57 bits per heavy atom. The van der Waals surface area contributed by atoms with Crippen LogP contribution in [0.1, 0.15) is 18.7 Å². The van der Waals surface area contributed by atoms with Crippen LogP contribution >= 0.6 is 23.2 Å². The first-order chi connectivity index (χ1) is 13.4. The first kappa shape index (κ1) is 19.3. The second-order valence-electron chi connectivity index (χ2n) is 6.34. The van der Waals surface area contributed by atoms with Gasteiger partial charge in [-0.1, -0.05) is 35.3 Å². The quantitative estimate of drug-likeness (QED) is 0.561. The molecule has 1 aromatic heterocycles. The van der Waals surface area contributed by atoms with Crippen molar-refractivity contribution in [2.24, 2.45) is 0 Å². The molecular formula is C18H14Cl2FN3O3S. The SMILES string of the molecule is O=S(=O)(c1ccc(Cl)cc1F)N(Cc1nnc(-c2ccccc2Cl)o1)C1CC1. The van der Waals surface area contributed by atoms with Crippen molar-refractivity contribution in [3.63, 3.8) is 0 Å². The van der Waals surface area contributed by atoms with Crippen molar-refractivity contribution < 1.29 is 17.2 Å². The number of nitrogens with zero attached hydrogens (tertiary/aromatic N) is 3. The molecule has 0 aliphatic heterocycles. The van der Waals surface area contributed by atoms with E-state index in [1.165, 1.54) is 10.4 Å². The summed E-state index contributed by atoms with van der Waals surface area (Å²) in [5.41, 5.74) is 0.549. The van der Waals surface area contributed by atoms with Gasteiger partial charge in [0.25, 0.3) is 0 Å². The molecule has 3 aromatic rings. The predicted molar refractivity (Wildman–Crippen MR) is 102 cm³/mol. The molecular weight excluding hydrogens is 428 g/mol. The maximum atomic E-state index is 14.2. The Morgan fingerprint density at radius 2 is 1.89 bits per heavy atom. The molecule has 6 nitrogen and oxygen atoms in total. The van der Waals surface area contributed by atoms with Gasteiger partial charge < -0.3 is 4.42 Å². The van der Waals surface area contributed by atoms with E-state index in [1.54, 1.807) is 24.3 Å². The van der Waals surface area contributed by atoms with Crippen molar-refractivity contribution in [1.29, 1.82) is 0 Å². The van der Waals surface area contributed by atoms with Gasteiger partial charge in [-0.2, -0.15) is 4.31 Å². The molecule has 0 saturated heterocycles. The van der Waals surface area contributed by atoms with Gasteiger partial charge in [-0.15, -0.1) is 10.2 Å². The predicted octanol–water partition coefficient (Wildman–Crippen LogP) is 4.54.